The van der Waals surface area contributed by atoms with Gasteiger partial charge in [0.15, 0.2) is 0 Å². The zero-order valence-corrected chi connectivity index (χ0v) is 17.9. The zero-order chi connectivity index (χ0) is 24.3. The van der Waals surface area contributed by atoms with Crippen LogP contribution in [0, 0.1) is 23.1 Å². The number of aromatic nitrogens is 2. The summed E-state index contributed by atoms with van der Waals surface area (Å²) in [6.07, 6.45) is -0.393. The summed E-state index contributed by atoms with van der Waals surface area (Å²) in [5.41, 5.74) is 1.51. The molecule has 0 spiro atoms. The van der Waals surface area contributed by atoms with Gasteiger partial charge in [-0.25, -0.2) is 4.39 Å². The highest BCUT2D eigenvalue weighted by molar-refractivity contribution is 5.92. The van der Waals surface area contributed by atoms with Crippen molar-refractivity contribution in [2.24, 2.45) is 5.92 Å². The molecule has 174 valence electrons. The van der Waals surface area contributed by atoms with Crippen molar-refractivity contribution in [1.29, 1.82) is 5.26 Å². The van der Waals surface area contributed by atoms with Crippen LogP contribution in [0.1, 0.15) is 48.3 Å². The first-order valence-electron chi connectivity index (χ1n) is 10.8. The number of amides is 1. The predicted molar refractivity (Wildman–Crippen MR) is 117 cm³/mol. The molecule has 1 amide bonds. The Morgan fingerprint density at radius 2 is 1.85 bits per heavy atom. The average Bonchev–Trinajstić information content (AvgIpc) is 2.85. The van der Waals surface area contributed by atoms with Crippen LogP contribution in [0.3, 0.4) is 0 Å². The Labute approximate surface area is 193 Å². The molecule has 3 aromatic rings. The summed E-state index contributed by atoms with van der Waals surface area (Å²) in [6.45, 7) is 0. The summed E-state index contributed by atoms with van der Waals surface area (Å²) < 4.78 is 52.4. The number of nitriles is 1. The van der Waals surface area contributed by atoms with E-state index in [-0.39, 0.29) is 17.5 Å². The van der Waals surface area contributed by atoms with Crippen molar-refractivity contribution in [3.05, 3.63) is 77.2 Å². The predicted octanol–water partition coefficient (Wildman–Crippen LogP) is 6.09. The normalized spacial score (nSPS) is 18.2. The topological polar surface area (TPSA) is 78.7 Å². The van der Waals surface area contributed by atoms with Gasteiger partial charge in [0.2, 0.25) is 5.91 Å². The Kier molecular flexibility index (Phi) is 6.59. The number of nitrogens with zero attached hydrogens (tertiary/aromatic N) is 3. The minimum absolute atomic E-state index is 0.118. The van der Waals surface area contributed by atoms with E-state index in [1.165, 1.54) is 6.20 Å². The first-order valence-corrected chi connectivity index (χ1v) is 10.8. The third kappa shape index (κ3) is 5.22. The van der Waals surface area contributed by atoms with Gasteiger partial charge >= 0.3 is 6.18 Å². The largest absolute Gasteiger partial charge is 0.416 e. The second kappa shape index (κ2) is 9.59. The number of carbonyl (C=O) groups excluding carboxylic acids is 1. The van der Waals surface area contributed by atoms with Gasteiger partial charge in [-0.2, -0.15) is 28.6 Å². The molecule has 2 aromatic carbocycles. The Balaban J connectivity index is 1.43. The molecule has 4 rings (SSSR count). The zero-order valence-electron chi connectivity index (χ0n) is 17.9. The molecule has 1 heterocycles. The van der Waals surface area contributed by atoms with Crippen LogP contribution in [0.5, 0.6) is 0 Å². The highest BCUT2D eigenvalue weighted by Gasteiger charge is 2.32. The van der Waals surface area contributed by atoms with Gasteiger partial charge in [-0.05, 0) is 55.0 Å². The summed E-state index contributed by atoms with van der Waals surface area (Å²) in [4.78, 5) is 12.7. The Hall–Kier alpha value is -3.80. The maximum Gasteiger partial charge on any atom is 0.416 e. The minimum Gasteiger partial charge on any atom is -0.323 e. The van der Waals surface area contributed by atoms with Crippen molar-refractivity contribution in [3.63, 3.8) is 0 Å². The molecule has 9 heteroatoms. The molecule has 1 aliphatic rings. The lowest BCUT2D eigenvalue weighted by atomic mass is 9.77. The highest BCUT2D eigenvalue weighted by atomic mass is 19.4. The average molecular weight is 468 g/mol. The van der Waals surface area contributed by atoms with Crippen molar-refractivity contribution in [1.82, 2.24) is 10.2 Å². The number of alkyl halides is 3. The fraction of sp³-hybridized carbons (Fsp3) is 0.280. The van der Waals surface area contributed by atoms with Crippen LogP contribution in [-0.4, -0.2) is 16.1 Å². The van der Waals surface area contributed by atoms with Gasteiger partial charge in [0.25, 0.3) is 0 Å². The summed E-state index contributed by atoms with van der Waals surface area (Å²) >= 11 is 0. The number of rotatable bonds is 4. The van der Waals surface area contributed by atoms with E-state index in [4.69, 9.17) is 5.26 Å². The van der Waals surface area contributed by atoms with E-state index in [1.54, 1.807) is 6.07 Å². The molecule has 2 unspecified atom stereocenters. The molecule has 34 heavy (non-hydrogen) atoms. The Morgan fingerprint density at radius 3 is 2.53 bits per heavy atom. The molecule has 0 aliphatic heterocycles. The molecule has 1 N–H and O–H groups in total. The second-order valence-electron chi connectivity index (χ2n) is 8.31. The van der Waals surface area contributed by atoms with E-state index in [1.807, 2.05) is 30.3 Å². The smallest absolute Gasteiger partial charge is 0.323 e. The molecule has 5 nitrogen and oxygen atoms in total. The first-order chi connectivity index (χ1) is 16.2. The van der Waals surface area contributed by atoms with E-state index in [0.29, 0.717) is 30.2 Å². The number of halogens is 4. The number of carbonyl (C=O) groups is 1. The van der Waals surface area contributed by atoms with Gasteiger partial charge in [0.05, 0.1) is 28.7 Å². The maximum atomic E-state index is 14.1. The van der Waals surface area contributed by atoms with Gasteiger partial charge in [0.1, 0.15) is 11.9 Å². The maximum absolute atomic E-state index is 14.1. The Morgan fingerprint density at radius 1 is 1.09 bits per heavy atom. The quantitative estimate of drug-likeness (QED) is 0.471. The Bertz CT molecular complexity index is 1230. The molecular formula is C25H20F4N4O. The van der Waals surface area contributed by atoms with Crippen LogP contribution in [-0.2, 0) is 11.0 Å². The van der Waals surface area contributed by atoms with Crippen LogP contribution in [0.2, 0.25) is 0 Å². The summed E-state index contributed by atoms with van der Waals surface area (Å²) in [6, 6.07) is 13.5. The molecule has 1 fully saturated rings. The molecule has 0 radical (unpaired) electrons. The summed E-state index contributed by atoms with van der Waals surface area (Å²) in [7, 11) is 0. The fourth-order valence-corrected chi connectivity index (χ4v) is 4.25. The second-order valence-corrected chi connectivity index (χ2v) is 8.31. The minimum atomic E-state index is -4.65. The van der Waals surface area contributed by atoms with Crippen LogP contribution in [0.4, 0.5) is 23.2 Å². The lowest BCUT2D eigenvalue weighted by Crippen LogP contribution is -2.28. The third-order valence-corrected chi connectivity index (χ3v) is 6.06. The standard InChI is InChI=1S/C25H20F4N4O/c26-21-12-20(25(27,28)29)8-9-22(21)32-24(34)19-3-1-2-18(11-19)16-4-6-17(7-5-16)23-10-15(13-30)14-31-33-23/h4-10,12,14,18-19H,1-3,11H2,(H,32,34). The van der Waals surface area contributed by atoms with Crippen molar-refractivity contribution >= 4 is 11.6 Å². The van der Waals surface area contributed by atoms with Crippen molar-refractivity contribution in [2.75, 3.05) is 5.32 Å². The van der Waals surface area contributed by atoms with Gasteiger partial charge < -0.3 is 5.32 Å². The highest BCUT2D eigenvalue weighted by Crippen LogP contribution is 2.38. The van der Waals surface area contributed by atoms with Gasteiger partial charge in [-0.3, -0.25) is 4.79 Å². The van der Waals surface area contributed by atoms with Gasteiger partial charge in [0, 0.05) is 11.5 Å². The fourth-order valence-electron chi connectivity index (χ4n) is 4.25. The van der Waals surface area contributed by atoms with Crippen molar-refractivity contribution < 1.29 is 22.4 Å². The van der Waals surface area contributed by atoms with Crippen molar-refractivity contribution in [2.45, 2.75) is 37.8 Å². The van der Waals surface area contributed by atoms with E-state index >= 15 is 0 Å². The molecule has 1 saturated carbocycles. The van der Waals surface area contributed by atoms with Crippen molar-refractivity contribution in [3.8, 4) is 17.3 Å². The molecule has 2 atom stereocenters. The number of nitrogens with one attached hydrogen (secondary N) is 1. The van der Waals surface area contributed by atoms with Crippen LogP contribution >= 0.6 is 0 Å². The molecule has 1 aromatic heterocycles. The number of hydrogen-bond donors (Lipinski definition) is 1. The van der Waals surface area contributed by atoms with Gasteiger partial charge in [-0.15, -0.1) is 0 Å². The third-order valence-electron chi connectivity index (χ3n) is 6.06. The van der Waals surface area contributed by atoms with E-state index < -0.39 is 23.5 Å². The monoisotopic (exact) mass is 468 g/mol. The van der Waals surface area contributed by atoms with Crippen LogP contribution < -0.4 is 5.32 Å². The molecular weight excluding hydrogens is 448 g/mol. The van der Waals surface area contributed by atoms with E-state index in [9.17, 15) is 22.4 Å². The van der Waals surface area contributed by atoms with Gasteiger partial charge in [-0.1, -0.05) is 30.7 Å². The van der Waals surface area contributed by atoms with E-state index in [2.05, 4.69) is 15.5 Å². The number of anilines is 1. The number of hydrogen-bond acceptors (Lipinski definition) is 4. The van der Waals surface area contributed by atoms with E-state index in [0.717, 1.165) is 36.1 Å². The summed E-state index contributed by atoms with van der Waals surface area (Å²) in [5, 5.41) is 19.4. The van der Waals surface area contributed by atoms with Crippen LogP contribution in [0.25, 0.3) is 11.3 Å². The number of benzene rings is 2. The lowest BCUT2D eigenvalue weighted by molar-refractivity contribution is -0.137. The molecule has 0 saturated heterocycles. The first kappa shape index (κ1) is 23.4. The lowest BCUT2D eigenvalue weighted by Gasteiger charge is -2.29. The van der Waals surface area contributed by atoms with Crippen LogP contribution in [0.15, 0.2) is 54.7 Å². The molecule has 1 aliphatic carbocycles. The summed E-state index contributed by atoms with van der Waals surface area (Å²) in [5.74, 6) is -1.77. The SMILES string of the molecule is N#Cc1cnnc(-c2ccc(C3CCCC(C(=O)Nc4ccc(C(F)(F)F)cc4F)C3)cc2)c1. The molecule has 0 bridgehead atoms.